The third-order valence-electron chi connectivity index (χ3n) is 5.94. The van der Waals surface area contributed by atoms with Crippen molar-refractivity contribution in [3.8, 4) is 5.75 Å². The number of hydrogen-bond acceptors (Lipinski definition) is 3. The summed E-state index contributed by atoms with van der Waals surface area (Å²) in [5.74, 6) is 0.584. The van der Waals surface area contributed by atoms with Gasteiger partial charge >= 0.3 is 0 Å². The van der Waals surface area contributed by atoms with Crippen molar-refractivity contribution in [1.82, 2.24) is 4.90 Å². The zero-order chi connectivity index (χ0) is 22.4. The molecule has 0 saturated carbocycles. The normalized spacial score (nSPS) is 14.7. The van der Waals surface area contributed by atoms with Gasteiger partial charge in [-0.1, -0.05) is 44.2 Å². The molecular weight excluding hydrogens is 393 g/mol. The number of hydrogen-bond donors (Lipinski definition) is 0. The first-order valence-corrected chi connectivity index (χ1v) is 11.1. The number of piperidine rings is 1. The zero-order valence-corrected chi connectivity index (χ0v) is 18.7. The third-order valence-corrected chi connectivity index (χ3v) is 5.94. The highest BCUT2D eigenvalue weighted by molar-refractivity contribution is 5.98. The first-order valence-electron chi connectivity index (χ1n) is 11.1. The first-order chi connectivity index (χ1) is 14.9. The molecule has 0 N–H and O–H groups in total. The number of ketones is 1. The van der Waals surface area contributed by atoms with Crippen molar-refractivity contribution in [3.05, 3.63) is 65.0 Å². The maximum Gasteiger partial charge on any atom is 0.222 e. The summed E-state index contributed by atoms with van der Waals surface area (Å²) in [5.41, 5.74) is 2.79. The van der Waals surface area contributed by atoms with Gasteiger partial charge in [-0.2, -0.15) is 0 Å². The summed E-state index contributed by atoms with van der Waals surface area (Å²) in [5, 5.41) is 0. The maximum absolute atomic E-state index is 13.8. The van der Waals surface area contributed by atoms with Gasteiger partial charge in [0.1, 0.15) is 0 Å². The van der Waals surface area contributed by atoms with Crippen LogP contribution < -0.4 is 4.74 Å². The highest BCUT2D eigenvalue weighted by Crippen LogP contribution is 2.24. The van der Waals surface area contributed by atoms with Crippen molar-refractivity contribution < 1.29 is 18.7 Å². The highest BCUT2D eigenvalue weighted by Gasteiger charge is 2.27. The van der Waals surface area contributed by atoms with Crippen LogP contribution in [-0.4, -0.2) is 36.8 Å². The summed E-state index contributed by atoms with van der Waals surface area (Å²) in [7, 11) is 1.43. The average molecular weight is 426 g/mol. The van der Waals surface area contributed by atoms with Crippen LogP contribution in [0.3, 0.4) is 0 Å². The van der Waals surface area contributed by atoms with Crippen molar-refractivity contribution in [1.29, 1.82) is 0 Å². The van der Waals surface area contributed by atoms with Gasteiger partial charge in [0, 0.05) is 31.0 Å². The highest BCUT2D eigenvalue weighted by atomic mass is 19.1. The number of rotatable bonds is 8. The van der Waals surface area contributed by atoms with Crippen LogP contribution in [0.1, 0.15) is 54.6 Å². The van der Waals surface area contributed by atoms with Crippen molar-refractivity contribution in [2.45, 2.75) is 46.0 Å². The topological polar surface area (TPSA) is 46.6 Å². The second-order valence-electron chi connectivity index (χ2n) is 8.78. The van der Waals surface area contributed by atoms with Crippen LogP contribution in [0, 0.1) is 17.7 Å². The van der Waals surface area contributed by atoms with Gasteiger partial charge in [0.25, 0.3) is 0 Å². The molecule has 1 heterocycles. The Morgan fingerprint density at radius 2 is 1.71 bits per heavy atom. The molecule has 3 rings (SSSR count). The lowest BCUT2D eigenvalue weighted by Crippen LogP contribution is -2.40. The molecule has 0 atom stereocenters. The monoisotopic (exact) mass is 425 g/mol. The van der Waals surface area contributed by atoms with E-state index >= 15 is 0 Å². The summed E-state index contributed by atoms with van der Waals surface area (Å²) in [6.07, 6.45) is 3.21. The van der Waals surface area contributed by atoms with Crippen molar-refractivity contribution in [3.63, 3.8) is 0 Å². The summed E-state index contributed by atoms with van der Waals surface area (Å²) in [4.78, 5) is 27.3. The SMILES string of the molecule is COc1ccc(CCC(=O)N2CCC(C(=O)c3ccc(CC(C)C)cc3)CC2)cc1F. The minimum absolute atomic E-state index is 0.0318. The molecule has 0 aromatic heterocycles. The molecular formula is C26H32FNO3. The molecule has 0 radical (unpaired) electrons. The van der Waals surface area contributed by atoms with E-state index in [2.05, 4.69) is 13.8 Å². The molecule has 31 heavy (non-hydrogen) atoms. The Kier molecular flexibility index (Phi) is 7.83. The molecule has 0 unspecified atom stereocenters. The molecule has 166 valence electrons. The Labute approximate surface area is 184 Å². The van der Waals surface area contributed by atoms with Gasteiger partial charge in [-0.15, -0.1) is 0 Å². The molecule has 1 amide bonds. The van der Waals surface area contributed by atoms with E-state index in [1.165, 1.54) is 18.7 Å². The number of amides is 1. The Morgan fingerprint density at radius 1 is 1.06 bits per heavy atom. The van der Waals surface area contributed by atoms with Gasteiger partial charge < -0.3 is 9.64 Å². The Bertz CT molecular complexity index is 899. The van der Waals surface area contributed by atoms with Gasteiger partial charge in [-0.05, 0) is 54.9 Å². The predicted molar refractivity (Wildman–Crippen MR) is 120 cm³/mol. The number of halogens is 1. The summed E-state index contributed by atoms with van der Waals surface area (Å²) in [6.45, 7) is 5.56. The van der Waals surface area contributed by atoms with Crippen molar-refractivity contribution >= 4 is 11.7 Å². The smallest absolute Gasteiger partial charge is 0.222 e. The lowest BCUT2D eigenvalue weighted by atomic mass is 9.88. The number of nitrogens with zero attached hydrogens (tertiary/aromatic N) is 1. The molecule has 1 aliphatic rings. The van der Waals surface area contributed by atoms with Crippen molar-refractivity contribution in [2.24, 2.45) is 11.8 Å². The first kappa shape index (κ1) is 23.0. The standard InChI is InChI=1S/C26H32FNO3/c1-18(2)16-19-4-8-21(9-5-19)26(30)22-12-14-28(15-13-22)25(29)11-7-20-6-10-24(31-3)23(27)17-20/h4-6,8-10,17-18,22H,7,11-16H2,1-3H3. The summed E-state index contributed by atoms with van der Waals surface area (Å²) < 4.78 is 18.7. The molecule has 5 heteroatoms. The molecule has 1 fully saturated rings. The van der Waals surface area contributed by atoms with Crippen LogP contribution in [0.2, 0.25) is 0 Å². The summed E-state index contributed by atoms with van der Waals surface area (Å²) in [6, 6.07) is 12.8. The largest absolute Gasteiger partial charge is 0.494 e. The average Bonchev–Trinajstić information content (AvgIpc) is 2.77. The number of carbonyl (C=O) groups excluding carboxylic acids is 2. The van der Waals surface area contributed by atoms with E-state index in [1.807, 2.05) is 29.2 Å². The van der Waals surface area contributed by atoms with Crippen molar-refractivity contribution in [2.75, 3.05) is 20.2 Å². The fraction of sp³-hybridized carbons (Fsp3) is 0.462. The van der Waals surface area contributed by atoms with Gasteiger partial charge in [0.05, 0.1) is 7.11 Å². The second kappa shape index (κ2) is 10.6. The molecule has 1 aliphatic heterocycles. The zero-order valence-electron chi connectivity index (χ0n) is 18.7. The number of ether oxygens (including phenoxy) is 1. The van der Waals surface area contributed by atoms with E-state index in [4.69, 9.17) is 4.74 Å². The van der Waals surface area contributed by atoms with E-state index in [0.717, 1.165) is 17.5 Å². The van der Waals surface area contributed by atoms with E-state index < -0.39 is 5.82 Å². The fourth-order valence-electron chi connectivity index (χ4n) is 4.18. The molecule has 0 aliphatic carbocycles. The predicted octanol–water partition coefficient (Wildman–Crippen LogP) is 5.09. The molecule has 0 bridgehead atoms. The molecule has 2 aromatic carbocycles. The van der Waals surface area contributed by atoms with E-state index in [0.29, 0.717) is 44.7 Å². The Hall–Kier alpha value is -2.69. The number of methoxy groups -OCH3 is 1. The van der Waals surface area contributed by atoms with Gasteiger partial charge in [-0.25, -0.2) is 4.39 Å². The number of benzene rings is 2. The number of likely N-dealkylation sites (tertiary alicyclic amines) is 1. The van der Waals surface area contributed by atoms with Crippen LogP contribution in [0.25, 0.3) is 0 Å². The van der Waals surface area contributed by atoms with E-state index in [9.17, 15) is 14.0 Å². The number of aryl methyl sites for hydroxylation is 1. The van der Waals surface area contributed by atoms with Gasteiger partial charge in [-0.3, -0.25) is 9.59 Å². The lowest BCUT2D eigenvalue weighted by molar-refractivity contribution is -0.132. The Morgan fingerprint density at radius 3 is 2.29 bits per heavy atom. The van der Waals surface area contributed by atoms with E-state index in [-0.39, 0.29) is 23.4 Å². The quantitative estimate of drug-likeness (QED) is 0.554. The lowest BCUT2D eigenvalue weighted by Gasteiger charge is -2.31. The van der Waals surface area contributed by atoms with Gasteiger partial charge in [0.2, 0.25) is 5.91 Å². The second-order valence-corrected chi connectivity index (χ2v) is 8.78. The van der Waals surface area contributed by atoms with Crippen LogP contribution in [-0.2, 0) is 17.6 Å². The minimum Gasteiger partial charge on any atom is -0.494 e. The fourth-order valence-corrected chi connectivity index (χ4v) is 4.18. The molecule has 4 nitrogen and oxygen atoms in total. The third kappa shape index (κ3) is 6.16. The van der Waals surface area contributed by atoms with Crippen LogP contribution in [0.4, 0.5) is 4.39 Å². The molecule has 1 saturated heterocycles. The van der Waals surface area contributed by atoms with Crippen LogP contribution in [0.5, 0.6) is 5.75 Å². The Balaban J connectivity index is 1.47. The maximum atomic E-state index is 13.8. The number of Topliss-reactive ketones (excluding diaryl/α,β-unsaturated/α-hetero) is 1. The molecule has 2 aromatic rings. The van der Waals surface area contributed by atoms with Crippen LogP contribution >= 0.6 is 0 Å². The minimum atomic E-state index is -0.413. The van der Waals surface area contributed by atoms with E-state index in [1.54, 1.807) is 12.1 Å². The number of carbonyl (C=O) groups is 2. The van der Waals surface area contributed by atoms with Gasteiger partial charge in [0.15, 0.2) is 17.3 Å². The summed E-state index contributed by atoms with van der Waals surface area (Å²) >= 11 is 0. The van der Waals surface area contributed by atoms with Crippen LogP contribution in [0.15, 0.2) is 42.5 Å². The molecule has 0 spiro atoms.